The number of rotatable bonds is 3. The molecule has 0 radical (unpaired) electrons. The molecule has 2 aromatic heterocycles. The number of aryl methyl sites for hydroxylation is 1. The summed E-state index contributed by atoms with van der Waals surface area (Å²) in [6.45, 7) is 1.79. The number of methoxy groups -OCH3 is 1. The van der Waals surface area contributed by atoms with E-state index in [1.807, 2.05) is 18.4 Å². The third-order valence-corrected chi connectivity index (χ3v) is 5.70. The number of hydrogen-bond donors (Lipinski definition) is 0. The second-order valence-corrected chi connectivity index (χ2v) is 7.27. The van der Waals surface area contributed by atoms with Crippen molar-refractivity contribution in [2.45, 2.75) is 11.3 Å². The summed E-state index contributed by atoms with van der Waals surface area (Å²) in [7, 11) is 1.37. The van der Waals surface area contributed by atoms with Gasteiger partial charge in [0.15, 0.2) is 9.99 Å². The summed E-state index contributed by atoms with van der Waals surface area (Å²) in [6, 6.07) is 7.38. The summed E-state index contributed by atoms with van der Waals surface area (Å²) in [4.78, 5) is 21.3. The lowest BCUT2D eigenvalue weighted by Gasteiger charge is -2.11. The zero-order valence-corrected chi connectivity index (χ0v) is 15.1. The second-order valence-electron chi connectivity index (χ2n) is 4.78. The van der Waals surface area contributed by atoms with Gasteiger partial charge < -0.3 is 4.74 Å². The van der Waals surface area contributed by atoms with Gasteiger partial charge in [0, 0.05) is 10.6 Å². The Kier molecular flexibility index (Phi) is 4.57. The monoisotopic (exact) mass is 364 g/mol. The first kappa shape index (κ1) is 16.2. The molecule has 4 nitrogen and oxygen atoms in total. The molecule has 0 N–H and O–H groups in total. The van der Waals surface area contributed by atoms with Crippen molar-refractivity contribution >= 4 is 51.0 Å². The Balaban J connectivity index is 2.40. The molecule has 0 fully saturated rings. The summed E-state index contributed by atoms with van der Waals surface area (Å²) in [6.07, 6.45) is 1.97. The summed E-state index contributed by atoms with van der Waals surface area (Å²) in [5, 5.41) is 0.643. The van der Waals surface area contributed by atoms with Crippen LogP contribution in [0.3, 0.4) is 0 Å². The van der Waals surface area contributed by atoms with E-state index in [-0.39, 0.29) is 0 Å². The van der Waals surface area contributed by atoms with Gasteiger partial charge in [-0.05, 0) is 30.9 Å². The molecule has 0 saturated carbocycles. The van der Waals surface area contributed by atoms with Crippen LogP contribution in [-0.4, -0.2) is 29.3 Å². The third-order valence-electron chi connectivity index (χ3n) is 3.40. The molecule has 0 aliphatic carbocycles. The molecule has 1 aromatic carbocycles. The van der Waals surface area contributed by atoms with Gasteiger partial charge in [0.25, 0.3) is 0 Å². The largest absolute Gasteiger partial charge is 0.465 e. The van der Waals surface area contributed by atoms with Crippen molar-refractivity contribution in [3.05, 3.63) is 40.5 Å². The number of thioether (sulfide) groups is 1. The van der Waals surface area contributed by atoms with E-state index in [9.17, 15) is 4.79 Å². The van der Waals surface area contributed by atoms with Gasteiger partial charge in [-0.15, -0.1) is 11.3 Å². The highest BCUT2D eigenvalue weighted by Gasteiger charge is 2.23. The molecule has 3 rings (SSSR count). The molecule has 0 aliphatic heterocycles. The first-order chi connectivity index (χ1) is 11.0. The van der Waals surface area contributed by atoms with Crippen LogP contribution in [0.1, 0.15) is 16.1 Å². The summed E-state index contributed by atoms with van der Waals surface area (Å²) >= 11 is 9.07. The average molecular weight is 365 g/mol. The highest BCUT2D eigenvalue weighted by Crippen LogP contribution is 2.39. The minimum atomic E-state index is -0.402. The van der Waals surface area contributed by atoms with Crippen LogP contribution in [0.2, 0.25) is 5.02 Å². The van der Waals surface area contributed by atoms with Crippen molar-refractivity contribution in [1.29, 1.82) is 0 Å². The molecule has 2 heterocycles. The van der Waals surface area contributed by atoms with E-state index < -0.39 is 5.97 Å². The van der Waals surface area contributed by atoms with Crippen LogP contribution in [-0.2, 0) is 4.74 Å². The smallest absolute Gasteiger partial charge is 0.340 e. The minimum absolute atomic E-state index is 0.402. The number of fused-ring (bicyclic) bond motifs is 1. The molecular weight excluding hydrogens is 352 g/mol. The fourth-order valence-corrected chi connectivity index (χ4v) is 4.07. The number of ether oxygens (including phenoxy) is 1. The first-order valence-electron chi connectivity index (χ1n) is 6.74. The number of carbonyl (C=O) groups excluding carboxylic acids is 1. The molecule has 7 heteroatoms. The summed E-state index contributed by atoms with van der Waals surface area (Å²) in [5.74, 6) is -0.402. The number of esters is 1. The Hall–Kier alpha value is -1.63. The predicted molar refractivity (Wildman–Crippen MR) is 95.7 cm³/mol. The number of thiazole rings is 1. The highest BCUT2D eigenvalue weighted by atomic mass is 35.5. The summed E-state index contributed by atoms with van der Waals surface area (Å²) < 4.78 is 6.74. The number of benzene rings is 1. The molecule has 0 aliphatic rings. The van der Waals surface area contributed by atoms with Crippen LogP contribution < -0.4 is 0 Å². The van der Waals surface area contributed by atoms with E-state index in [0.717, 1.165) is 20.2 Å². The lowest BCUT2D eigenvalue weighted by molar-refractivity contribution is 0.0600. The van der Waals surface area contributed by atoms with E-state index in [4.69, 9.17) is 16.3 Å². The SMILES string of the molecule is COC(=O)c1c(C)nc2nc(SC)sc2c1-c1ccc(Cl)cc1. The molecule has 0 spiro atoms. The van der Waals surface area contributed by atoms with E-state index in [2.05, 4.69) is 9.97 Å². The minimum Gasteiger partial charge on any atom is -0.465 e. The molecule has 118 valence electrons. The summed E-state index contributed by atoms with van der Waals surface area (Å²) in [5.41, 5.74) is 3.41. The maximum atomic E-state index is 12.3. The Labute approximate surface area is 146 Å². The van der Waals surface area contributed by atoms with Crippen LogP contribution in [0.15, 0.2) is 28.6 Å². The number of carbonyl (C=O) groups is 1. The molecular formula is C16H13ClN2O2S2. The second kappa shape index (κ2) is 6.47. The van der Waals surface area contributed by atoms with Gasteiger partial charge in [0.1, 0.15) is 0 Å². The zero-order valence-electron chi connectivity index (χ0n) is 12.7. The molecule has 0 unspecified atom stereocenters. The van der Waals surface area contributed by atoms with Gasteiger partial charge >= 0.3 is 5.97 Å². The molecule has 0 saturated heterocycles. The number of hydrogen-bond acceptors (Lipinski definition) is 6. The molecule has 0 atom stereocenters. The van der Waals surface area contributed by atoms with E-state index >= 15 is 0 Å². The number of nitrogens with zero attached hydrogens (tertiary/aromatic N) is 2. The first-order valence-corrected chi connectivity index (χ1v) is 9.16. The van der Waals surface area contributed by atoms with Gasteiger partial charge in [-0.3, -0.25) is 0 Å². The number of aromatic nitrogens is 2. The van der Waals surface area contributed by atoms with Crippen molar-refractivity contribution < 1.29 is 9.53 Å². The van der Waals surface area contributed by atoms with Gasteiger partial charge in [-0.1, -0.05) is 35.5 Å². The fraction of sp³-hybridized carbons (Fsp3) is 0.188. The van der Waals surface area contributed by atoms with Crippen LogP contribution in [0, 0.1) is 6.92 Å². The lowest BCUT2D eigenvalue weighted by atomic mass is 9.99. The van der Waals surface area contributed by atoms with Crippen molar-refractivity contribution in [1.82, 2.24) is 9.97 Å². The van der Waals surface area contributed by atoms with Crippen LogP contribution in [0.5, 0.6) is 0 Å². The Morgan fingerprint density at radius 1 is 1.26 bits per heavy atom. The van der Waals surface area contributed by atoms with Crippen LogP contribution >= 0.6 is 34.7 Å². The fourth-order valence-electron chi connectivity index (χ4n) is 2.37. The quantitative estimate of drug-likeness (QED) is 0.492. The highest BCUT2D eigenvalue weighted by molar-refractivity contribution is 8.00. The van der Waals surface area contributed by atoms with Crippen molar-refractivity contribution in [2.24, 2.45) is 0 Å². The lowest BCUT2D eigenvalue weighted by Crippen LogP contribution is -2.08. The van der Waals surface area contributed by atoms with Crippen molar-refractivity contribution in [3.63, 3.8) is 0 Å². The topological polar surface area (TPSA) is 52.1 Å². The molecule has 23 heavy (non-hydrogen) atoms. The van der Waals surface area contributed by atoms with Gasteiger partial charge in [0.05, 0.1) is 23.1 Å². The Morgan fingerprint density at radius 2 is 1.96 bits per heavy atom. The van der Waals surface area contributed by atoms with Gasteiger partial charge in [-0.25, -0.2) is 14.8 Å². The van der Waals surface area contributed by atoms with E-state index in [0.29, 0.717) is 21.9 Å². The van der Waals surface area contributed by atoms with Crippen molar-refractivity contribution in [2.75, 3.05) is 13.4 Å². The molecule has 0 bridgehead atoms. The third kappa shape index (κ3) is 2.94. The number of halogens is 1. The van der Waals surface area contributed by atoms with Gasteiger partial charge in [0.2, 0.25) is 0 Å². The molecule has 3 aromatic rings. The van der Waals surface area contributed by atoms with Crippen LogP contribution in [0.4, 0.5) is 0 Å². The molecule has 0 amide bonds. The predicted octanol–water partition coefficient (Wildman–Crippen LogP) is 4.83. The number of pyridine rings is 1. The average Bonchev–Trinajstić information content (AvgIpc) is 2.96. The Morgan fingerprint density at radius 3 is 2.57 bits per heavy atom. The Bertz CT molecular complexity index is 891. The van der Waals surface area contributed by atoms with Gasteiger partial charge in [-0.2, -0.15) is 0 Å². The van der Waals surface area contributed by atoms with Crippen LogP contribution in [0.25, 0.3) is 21.5 Å². The maximum absolute atomic E-state index is 12.3. The zero-order chi connectivity index (χ0) is 16.6. The normalized spacial score (nSPS) is 11.0. The standard InChI is InChI=1S/C16H13ClN2O2S2/c1-8-11(15(20)21-2)12(9-4-6-10(17)7-5-9)13-14(18-8)19-16(22-3)23-13/h4-7H,1-3H3. The van der Waals surface area contributed by atoms with E-state index in [1.54, 1.807) is 30.8 Å². The van der Waals surface area contributed by atoms with Crippen molar-refractivity contribution in [3.8, 4) is 11.1 Å². The maximum Gasteiger partial charge on any atom is 0.340 e. The van der Waals surface area contributed by atoms with E-state index in [1.165, 1.54) is 18.4 Å².